The van der Waals surface area contributed by atoms with Gasteiger partial charge in [0, 0.05) is 40.0 Å². The Labute approximate surface area is 194 Å². The lowest BCUT2D eigenvalue weighted by Gasteiger charge is -2.09. The Hall–Kier alpha value is -3.35. The maximum absolute atomic E-state index is 13.2. The van der Waals surface area contributed by atoms with Crippen molar-refractivity contribution in [2.24, 2.45) is 0 Å². The number of amides is 1. The van der Waals surface area contributed by atoms with E-state index in [-0.39, 0.29) is 0 Å². The first kappa shape index (κ1) is 21.9. The quantitative estimate of drug-likeness (QED) is 0.230. The molecule has 0 fully saturated rings. The fraction of sp³-hybridized carbons (Fsp3) is 0.125. The Morgan fingerprint density at radius 1 is 1.09 bits per heavy atom. The number of aromatic nitrogens is 2. The molecule has 0 saturated carbocycles. The van der Waals surface area contributed by atoms with Crippen molar-refractivity contribution < 1.29 is 14.3 Å². The van der Waals surface area contributed by atoms with Crippen LogP contribution in [0, 0.1) is 6.92 Å². The number of methoxy groups -OCH3 is 1. The monoisotopic (exact) mass is 467 g/mol. The van der Waals surface area contributed by atoms with Crippen molar-refractivity contribution in [2.75, 3.05) is 12.4 Å². The number of nitrogens with one attached hydrogen (secondary N) is 1. The zero-order valence-corrected chi connectivity index (χ0v) is 18.9. The summed E-state index contributed by atoms with van der Waals surface area (Å²) >= 11 is 11.9. The van der Waals surface area contributed by atoms with E-state index >= 15 is 0 Å². The van der Waals surface area contributed by atoms with Gasteiger partial charge in [-0.2, -0.15) is 0 Å². The molecule has 32 heavy (non-hydrogen) atoms. The standard InChI is InChI=1S/C24H19Cl2N3O3/c1-14-22(23(30)24(31)28-17-5-3-4-16(25)10-17)19-11-18(32-2)7-8-20(19)29(14)13-15-6-9-21(26)27-12-15/h3-12H,13H2,1-2H3,(H,28,31). The summed E-state index contributed by atoms with van der Waals surface area (Å²) in [6, 6.07) is 15.7. The van der Waals surface area contributed by atoms with Crippen molar-refractivity contribution in [1.29, 1.82) is 0 Å². The maximum atomic E-state index is 13.2. The van der Waals surface area contributed by atoms with Crippen molar-refractivity contribution in [1.82, 2.24) is 9.55 Å². The molecule has 1 N–H and O–H groups in total. The number of ketones is 1. The van der Waals surface area contributed by atoms with Gasteiger partial charge in [0.2, 0.25) is 0 Å². The van der Waals surface area contributed by atoms with E-state index < -0.39 is 11.7 Å². The van der Waals surface area contributed by atoms with Gasteiger partial charge < -0.3 is 14.6 Å². The number of hydrogen-bond donors (Lipinski definition) is 1. The first-order chi connectivity index (χ1) is 15.4. The molecule has 0 aliphatic carbocycles. The number of ether oxygens (including phenoxy) is 1. The van der Waals surface area contributed by atoms with Gasteiger partial charge in [0.25, 0.3) is 11.7 Å². The summed E-state index contributed by atoms with van der Waals surface area (Å²) in [7, 11) is 1.55. The molecule has 0 aliphatic rings. The molecule has 2 aromatic carbocycles. The van der Waals surface area contributed by atoms with Crippen LogP contribution < -0.4 is 10.1 Å². The molecule has 0 bridgehead atoms. The molecule has 4 aromatic rings. The van der Waals surface area contributed by atoms with Crippen molar-refractivity contribution in [3.63, 3.8) is 0 Å². The van der Waals surface area contributed by atoms with E-state index in [1.165, 1.54) is 0 Å². The predicted molar refractivity (Wildman–Crippen MR) is 126 cm³/mol. The number of carbonyl (C=O) groups is 2. The van der Waals surface area contributed by atoms with Gasteiger partial charge in [-0.3, -0.25) is 9.59 Å². The van der Waals surface area contributed by atoms with Gasteiger partial charge in [0.1, 0.15) is 10.9 Å². The highest BCUT2D eigenvalue weighted by Crippen LogP contribution is 2.31. The van der Waals surface area contributed by atoms with Crippen LogP contribution in [0.15, 0.2) is 60.8 Å². The maximum Gasteiger partial charge on any atom is 0.296 e. The van der Waals surface area contributed by atoms with Gasteiger partial charge in [0.15, 0.2) is 0 Å². The molecule has 0 aliphatic heterocycles. The van der Waals surface area contributed by atoms with E-state index in [0.717, 1.165) is 11.1 Å². The number of fused-ring (bicyclic) bond motifs is 1. The minimum absolute atomic E-state index is 0.320. The van der Waals surface area contributed by atoms with Crippen LogP contribution in [0.1, 0.15) is 21.6 Å². The second-order valence-electron chi connectivity index (χ2n) is 7.21. The first-order valence-corrected chi connectivity index (χ1v) is 10.5. The minimum atomic E-state index is -0.745. The van der Waals surface area contributed by atoms with Gasteiger partial charge >= 0.3 is 0 Å². The third-order valence-electron chi connectivity index (χ3n) is 5.18. The highest BCUT2D eigenvalue weighted by atomic mass is 35.5. The van der Waals surface area contributed by atoms with Crippen LogP contribution in [-0.2, 0) is 11.3 Å². The minimum Gasteiger partial charge on any atom is -0.497 e. The molecule has 0 radical (unpaired) electrons. The van der Waals surface area contributed by atoms with Crippen LogP contribution in [0.5, 0.6) is 5.75 Å². The Balaban J connectivity index is 1.77. The topological polar surface area (TPSA) is 73.2 Å². The number of nitrogens with zero attached hydrogens (tertiary/aromatic N) is 2. The number of rotatable bonds is 6. The van der Waals surface area contributed by atoms with E-state index in [9.17, 15) is 9.59 Å². The predicted octanol–water partition coefficient (Wildman–Crippen LogP) is 5.53. The summed E-state index contributed by atoms with van der Waals surface area (Å²) < 4.78 is 7.32. The molecule has 4 rings (SSSR count). The first-order valence-electron chi connectivity index (χ1n) is 9.76. The summed E-state index contributed by atoms with van der Waals surface area (Å²) in [5, 5.41) is 4.13. The van der Waals surface area contributed by atoms with Gasteiger partial charge in [-0.1, -0.05) is 35.3 Å². The number of halogens is 2. The van der Waals surface area contributed by atoms with E-state index in [2.05, 4.69) is 10.3 Å². The number of carbonyl (C=O) groups excluding carboxylic acids is 2. The zero-order chi connectivity index (χ0) is 22.8. The molecule has 0 saturated heterocycles. The molecular weight excluding hydrogens is 449 g/mol. The Morgan fingerprint density at radius 3 is 2.59 bits per heavy atom. The van der Waals surface area contributed by atoms with Crippen LogP contribution in [0.4, 0.5) is 5.69 Å². The molecule has 1 amide bonds. The second kappa shape index (κ2) is 9.02. The average molecular weight is 468 g/mol. The normalized spacial score (nSPS) is 10.9. The Bertz CT molecular complexity index is 1330. The molecule has 0 atom stereocenters. The molecule has 0 spiro atoms. The lowest BCUT2D eigenvalue weighted by Crippen LogP contribution is -2.23. The number of benzene rings is 2. The van der Waals surface area contributed by atoms with Crippen LogP contribution in [0.25, 0.3) is 10.9 Å². The Kier molecular flexibility index (Phi) is 6.17. The fourth-order valence-corrected chi connectivity index (χ4v) is 3.93. The van der Waals surface area contributed by atoms with Gasteiger partial charge in [0.05, 0.1) is 12.7 Å². The van der Waals surface area contributed by atoms with Crippen molar-refractivity contribution in [3.05, 3.63) is 87.8 Å². The fourth-order valence-electron chi connectivity index (χ4n) is 3.63. The number of hydrogen-bond acceptors (Lipinski definition) is 4. The molecule has 0 unspecified atom stereocenters. The van der Waals surface area contributed by atoms with E-state index in [1.807, 2.05) is 29.7 Å². The van der Waals surface area contributed by atoms with Crippen LogP contribution in [0.2, 0.25) is 10.2 Å². The number of anilines is 1. The average Bonchev–Trinajstić information content (AvgIpc) is 3.05. The zero-order valence-electron chi connectivity index (χ0n) is 17.4. The summed E-state index contributed by atoms with van der Waals surface area (Å²) in [5.74, 6) is -0.800. The second-order valence-corrected chi connectivity index (χ2v) is 8.04. The van der Waals surface area contributed by atoms with E-state index in [1.54, 1.807) is 49.7 Å². The van der Waals surface area contributed by atoms with Crippen LogP contribution >= 0.6 is 23.2 Å². The molecule has 8 heteroatoms. The smallest absolute Gasteiger partial charge is 0.296 e. The number of pyridine rings is 1. The van der Waals surface area contributed by atoms with Crippen molar-refractivity contribution in [2.45, 2.75) is 13.5 Å². The SMILES string of the molecule is COc1ccc2c(c1)c(C(=O)C(=O)Nc1cccc(Cl)c1)c(C)n2Cc1ccc(Cl)nc1. The molecular formula is C24H19Cl2N3O3. The van der Waals surface area contributed by atoms with Crippen LogP contribution in [0.3, 0.4) is 0 Å². The van der Waals surface area contributed by atoms with Gasteiger partial charge in [-0.15, -0.1) is 0 Å². The lowest BCUT2D eigenvalue weighted by molar-refractivity contribution is -0.112. The third kappa shape index (κ3) is 4.33. The molecule has 2 aromatic heterocycles. The highest BCUT2D eigenvalue weighted by Gasteiger charge is 2.26. The molecule has 6 nitrogen and oxygen atoms in total. The van der Waals surface area contributed by atoms with Gasteiger partial charge in [-0.05, 0) is 55.0 Å². The molecule has 2 heterocycles. The summed E-state index contributed by atoms with van der Waals surface area (Å²) in [6.07, 6.45) is 1.68. The van der Waals surface area contributed by atoms with Crippen molar-refractivity contribution >= 4 is 51.5 Å². The van der Waals surface area contributed by atoms with Crippen LogP contribution in [-0.4, -0.2) is 28.4 Å². The summed E-state index contributed by atoms with van der Waals surface area (Å²) in [6.45, 7) is 2.28. The Morgan fingerprint density at radius 2 is 1.91 bits per heavy atom. The largest absolute Gasteiger partial charge is 0.497 e. The van der Waals surface area contributed by atoms with Gasteiger partial charge in [-0.25, -0.2) is 4.98 Å². The summed E-state index contributed by atoms with van der Waals surface area (Å²) in [4.78, 5) is 30.2. The van der Waals surface area contributed by atoms with Crippen molar-refractivity contribution in [3.8, 4) is 5.75 Å². The lowest BCUT2D eigenvalue weighted by atomic mass is 10.1. The highest BCUT2D eigenvalue weighted by molar-refractivity contribution is 6.48. The number of Topliss-reactive ketones (excluding diaryl/α,β-unsaturated/α-hetero) is 1. The third-order valence-corrected chi connectivity index (χ3v) is 5.63. The summed E-state index contributed by atoms with van der Waals surface area (Å²) in [5.41, 5.74) is 3.14. The van der Waals surface area contributed by atoms with E-state index in [4.69, 9.17) is 27.9 Å². The molecule has 162 valence electrons. The van der Waals surface area contributed by atoms with E-state index in [0.29, 0.717) is 44.8 Å².